The maximum atomic E-state index is 13.2. The molecule has 0 saturated carbocycles. The van der Waals surface area contributed by atoms with E-state index in [1.807, 2.05) is 36.1 Å². The van der Waals surface area contributed by atoms with Crippen LogP contribution in [0.25, 0.3) is 0 Å². The lowest BCUT2D eigenvalue weighted by atomic mass is 10.1. The molecule has 0 spiro atoms. The lowest BCUT2D eigenvalue weighted by Crippen LogP contribution is -2.48. The fourth-order valence-corrected chi connectivity index (χ4v) is 4.33. The van der Waals surface area contributed by atoms with Gasteiger partial charge in [-0.25, -0.2) is 4.39 Å². The van der Waals surface area contributed by atoms with Crippen molar-refractivity contribution in [2.45, 2.75) is 32.4 Å². The third-order valence-electron chi connectivity index (χ3n) is 6.00. The van der Waals surface area contributed by atoms with Gasteiger partial charge in [0, 0.05) is 38.4 Å². The van der Waals surface area contributed by atoms with Crippen LogP contribution in [0.5, 0.6) is 0 Å². The highest BCUT2D eigenvalue weighted by Crippen LogP contribution is 2.28. The molecular weight excluding hydrogens is 353 g/mol. The third kappa shape index (κ3) is 4.10. The molecule has 4 rings (SSSR count). The number of nitrogens with zero attached hydrogens (tertiary/aromatic N) is 3. The monoisotopic (exact) mass is 381 g/mol. The van der Waals surface area contributed by atoms with Crippen molar-refractivity contribution in [2.75, 3.05) is 37.6 Å². The van der Waals surface area contributed by atoms with E-state index in [4.69, 9.17) is 0 Å². The van der Waals surface area contributed by atoms with Gasteiger partial charge < -0.3 is 4.90 Å². The molecule has 2 aromatic rings. The zero-order valence-electron chi connectivity index (χ0n) is 16.5. The maximum Gasteiger partial charge on any atom is 0.244 e. The van der Waals surface area contributed by atoms with E-state index < -0.39 is 0 Å². The van der Waals surface area contributed by atoms with Crippen molar-refractivity contribution in [3.8, 4) is 0 Å². The highest BCUT2D eigenvalue weighted by Gasteiger charge is 2.31. The zero-order valence-corrected chi connectivity index (χ0v) is 16.5. The van der Waals surface area contributed by atoms with Crippen molar-refractivity contribution < 1.29 is 9.18 Å². The van der Waals surface area contributed by atoms with Crippen LogP contribution in [0.3, 0.4) is 0 Å². The molecule has 0 radical (unpaired) electrons. The van der Waals surface area contributed by atoms with Gasteiger partial charge in [0.2, 0.25) is 5.91 Å². The number of fused-ring (bicyclic) bond motifs is 1. The molecule has 2 heterocycles. The summed E-state index contributed by atoms with van der Waals surface area (Å²) in [7, 11) is 0. The predicted molar refractivity (Wildman–Crippen MR) is 110 cm³/mol. The Morgan fingerprint density at radius 1 is 1.00 bits per heavy atom. The lowest BCUT2D eigenvalue weighted by molar-refractivity contribution is -0.123. The van der Waals surface area contributed by atoms with Gasteiger partial charge in [-0.05, 0) is 55.6 Å². The summed E-state index contributed by atoms with van der Waals surface area (Å²) < 4.78 is 13.1. The minimum Gasteiger partial charge on any atom is -0.310 e. The Hall–Kier alpha value is -2.24. The minimum atomic E-state index is -0.193. The van der Waals surface area contributed by atoms with Gasteiger partial charge in [-0.3, -0.25) is 14.6 Å². The molecule has 28 heavy (non-hydrogen) atoms. The van der Waals surface area contributed by atoms with Crippen molar-refractivity contribution in [3.05, 3.63) is 65.5 Å². The molecule has 1 amide bonds. The van der Waals surface area contributed by atoms with Gasteiger partial charge in [0.25, 0.3) is 0 Å². The number of halogens is 1. The Balaban J connectivity index is 1.36. The molecule has 0 N–H and O–H groups in total. The zero-order chi connectivity index (χ0) is 19.5. The van der Waals surface area contributed by atoms with Gasteiger partial charge in [0.05, 0.1) is 6.04 Å². The fraction of sp³-hybridized carbons (Fsp3) is 0.435. The summed E-state index contributed by atoms with van der Waals surface area (Å²) >= 11 is 0. The fourth-order valence-electron chi connectivity index (χ4n) is 4.33. The summed E-state index contributed by atoms with van der Waals surface area (Å²) in [6, 6.07) is 14.9. The van der Waals surface area contributed by atoms with Crippen molar-refractivity contribution in [3.63, 3.8) is 0 Å². The van der Waals surface area contributed by atoms with E-state index in [9.17, 15) is 9.18 Å². The van der Waals surface area contributed by atoms with E-state index >= 15 is 0 Å². The topological polar surface area (TPSA) is 26.8 Å². The van der Waals surface area contributed by atoms with Crippen LogP contribution in [0.2, 0.25) is 0 Å². The molecule has 2 aliphatic heterocycles. The standard InChI is InChI=1S/C23H28FN3O/c1-18(23(28)27-14-11-20-5-2-3-6-22(20)27)26-13-4-12-25(15-16-26)17-19-7-9-21(24)10-8-19/h2-3,5-10,18H,4,11-17H2,1H3. The van der Waals surface area contributed by atoms with E-state index in [1.165, 1.54) is 17.7 Å². The van der Waals surface area contributed by atoms with E-state index in [2.05, 4.69) is 21.9 Å². The molecule has 148 valence electrons. The van der Waals surface area contributed by atoms with Gasteiger partial charge in [-0.1, -0.05) is 30.3 Å². The smallest absolute Gasteiger partial charge is 0.244 e. The van der Waals surface area contributed by atoms with Gasteiger partial charge in [0.1, 0.15) is 5.82 Å². The molecule has 1 atom stereocenters. The van der Waals surface area contributed by atoms with Gasteiger partial charge in [-0.2, -0.15) is 0 Å². The summed E-state index contributed by atoms with van der Waals surface area (Å²) in [5, 5.41) is 0. The number of para-hydroxylation sites is 1. The van der Waals surface area contributed by atoms with Crippen LogP contribution in [0.4, 0.5) is 10.1 Å². The Labute approximate surface area is 166 Å². The highest BCUT2D eigenvalue weighted by molar-refractivity contribution is 5.98. The molecule has 5 heteroatoms. The highest BCUT2D eigenvalue weighted by atomic mass is 19.1. The van der Waals surface area contributed by atoms with Crippen LogP contribution in [-0.2, 0) is 17.8 Å². The molecule has 0 aromatic heterocycles. The molecule has 1 saturated heterocycles. The number of benzene rings is 2. The van der Waals surface area contributed by atoms with Gasteiger partial charge in [-0.15, -0.1) is 0 Å². The molecule has 2 aliphatic rings. The molecule has 4 nitrogen and oxygen atoms in total. The normalized spacial score (nSPS) is 19.3. The minimum absolute atomic E-state index is 0.114. The van der Waals surface area contributed by atoms with Crippen molar-refractivity contribution >= 4 is 11.6 Å². The van der Waals surface area contributed by atoms with Crippen LogP contribution >= 0.6 is 0 Å². The third-order valence-corrected chi connectivity index (χ3v) is 6.00. The predicted octanol–water partition coefficient (Wildman–Crippen LogP) is 3.31. The molecule has 2 aromatic carbocycles. The molecular formula is C23H28FN3O. The number of rotatable bonds is 4. The van der Waals surface area contributed by atoms with Crippen LogP contribution in [-0.4, -0.2) is 54.5 Å². The molecule has 1 fully saturated rings. The summed E-state index contributed by atoms with van der Waals surface area (Å²) in [5.74, 6) is 0.0125. The first-order chi connectivity index (χ1) is 13.6. The Morgan fingerprint density at radius 3 is 2.61 bits per heavy atom. The number of carbonyl (C=O) groups is 1. The van der Waals surface area contributed by atoms with E-state index in [1.54, 1.807) is 0 Å². The first kappa shape index (κ1) is 19.1. The second-order valence-corrected chi connectivity index (χ2v) is 7.84. The second-order valence-electron chi connectivity index (χ2n) is 7.84. The van der Waals surface area contributed by atoms with Crippen molar-refractivity contribution in [2.24, 2.45) is 0 Å². The Morgan fingerprint density at radius 2 is 1.79 bits per heavy atom. The summed E-state index contributed by atoms with van der Waals surface area (Å²) in [4.78, 5) is 19.8. The van der Waals surface area contributed by atoms with Crippen LogP contribution < -0.4 is 4.90 Å². The molecule has 0 aliphatic carbocycles. The number of hydrogen-bond acceptors (Lipinski definition) is 3. The SMILES string of the molecule is CC(C(=O)N1CCc2ccccc21)N1CCCN(Cc2ccc(F)cc2)CC1. The van der Waals surface area contributed by atoms with Crippen molar-refractivity contribution in [1.29, 1.82) is 0 Å². The first-order valence-electron chi connectivity index (χ1n) is 10.2. The first-order valence-corrected chi connectivity index (χ1v) is 10.2. The average molecular weight is 381 g/mol. The van der Waals surface area contributed by atoms with Gasteiger partial charge in [0.15, 0.2) is 0 Å². The van der Waals surface area contributed by atoms with Crippen LogP contribution in [0, 0.1) is 5.82 Å². The van der Waals surface area contributed by atoms with Gasteiger partial charge >= 0.3 is 0 Å². The molecule has 0 bridgehead atoms. The van der Waals surface area contributed by atoms with E-state index in [-0.39, 0.29) is 17.8 Å². The number of amides is 1. The quantitative estimate of drug-likeness (QED) is 0.813. The Bertz CT molecular complexity index is 823. The summed E-state index contributed by atoms with van der Waals surface area (Å²) in [5.41, 5.74) is 3.48. The number of carbonyl (C=O) groups excluding carboxylic acids is 1. The summed E-state index contributed by atoms with van der Waals surface area (Å²) in [6.45, 7) is 7.39. The van der Waals surface area contributed by atoms with Crippen LogP contribution in [0.15, 0.2) is 48.5 Å². The maximum absolute atomic E-state index is 13.2. The Kier molecular flexibility index (Phi) is 5.74. The van der Waals surface area contributed by atoms with E-state index in [0.29, 0.717) is 0 Å². The van der Waals surface area contributed by atoms with Crippen molar-refractivity contribution in [1.82, 2.24) is 9.80 Å². The second kappa shape index (κ2) is 8.41. The lowest BCUT2D eigenvalue weighted by Gasteiger charge is -2.30. The molecule has 1 unspecified atom stereocenters. The average Bonchev–Trinajstić information content (AvgIpc) is 3.01. The number of hydrogen-bond donors (Lipinski definition) is 0. The van der Waals surface area contributed by atoms with E-state index in [0.717, 1.165) is 63.4 Å². The number of anilines is 1. The largest absolute Gasteiger partial charge is 0.310 e. The summed E-state index contributed by atoms with van der Waals surface area (Å²) in [6.07, 6.45) is 1.98. The van der Waals surface area contributed by atoms with Crippen LogP contribution in [0.1, 0.15) is 24.5 Å².